The predicted molar refractivity (Wildman–Crippen MR) is 126 cm³/mol. The van der Waals surface area contributed by atoms with Crippen LogP contribution in [0.4, 0.5) is 0 Å². The normalized spacial score (nSPS) is 10.7. The van der Waals surface area contributed by atoms with Crippen LogP contribution in [-0.2, 0) is 6.61 Å². The summed E-state index contributed by atoms with van der Waals surface area (Å²) in [5.74, 6) is 1.28. The van der Waals surface area contributed by atoms with Gasteiger partial charge in [0.2, 0.25) is 0 Å². The lowest BCUT2D eigenvalue weighted by Crippen LogP contribution is -2.17. The summed E-state index contributed by atoms with van der Waals surface area (Å²) in [6, 6.07) is 20.0. The van der Waals surface area contributed by atoms with Gasteiger partial charge in [0.15, 0.2) is 11.5 Å². The predicted octanol–water partition coefficient (Wildman–Crippen LogP) is 5.48. The summed E-state index contributed by atoms with van der Waals surface area (Å²) in [7, 11) is 1.53. The molecule has 6 nitrogen and oxygen atoms in total. The van der Waals surface area contributed by atoms with Crippen LogP contribution in [0.2, 0.25) is 5.02 Å². The molecule has 0 aliphatic heterocycles. The third kappa shape index (κ3) is 6.49. The van der Waals surface area contributed by atoms with E-state index in [0.29, 0.717) is 46.6 Å². The van der Waals surface area contributed by atoms with Crippen LogP contribution in [0.1, 0.15) is 34.8 Å². The molecule has 0 unspecified atom stereocenters. The van der Waals surface area contributed by atoms with Gasteiger partial charge in [-0.15, -0.1) is 0 Å². The number of rotatable bonds is 10. The first-order valence-corrected chi connectivity index (χ1v) is 10.6. The highest BCUT2D eigenvalue weighted by Gasteiger charge is 2.11. The number of hydrazone groups is 1. The lowest BCUT2D eigenvalue weighted by atomic mass is 10.2. The minimum absolute atomic E-state index is 0.382. The van der Waals surface area contributed by atoms with E-state index < -0.39 is 0 Å². The van der Waals surface area contributed by atoms with E-state index in [0.717, 1.165) is 12.0 Å². The maximum absolute atomic E-state index is 12.5. The van der Waals surface area contributed by atoms with E-state index in [2.05, 4.69) is 10.5 Å². The van der Waals surface area contributed by atoms with Crippen LogP contribution in [0.15, 0.2) is 71.8 Å². The summed E-state index contributed by atoms with van der Waals surface area (Å²) >= 11 is 6.07. The van der Waals surface area contributed by atoms with E-state index in [9.17, 15) is 4.79 Å². The third-order valence-electron chi connectivity index (χ3n) is 4.47. The molecule has 0 spiro atoms. The Labute approximate surface area is 192 Å². The lowest BCUT2D eigenvalue weighted by Gasteiger charge is -2.12. The number of ether oxygens (including phenoxy) is 3. The van der Waals surface area contributed by atoms with E-state index in [1.54, 1.807) is 36.4 Å². The number of carbonyl (C=O) groups excluding carboxylic acids is 1. The standard InChI is InChI=1S/C25H25ClN2O4/c1-3-13-31-22-12-10-21(26)14-20(22)16-27-28-25(29)19-9-11-23(24(15-19)30-2)32-17-18-7-5-4-6-8-18/h4-12,14-16H,3,13,17H2,1-2H3,(H,28,29)/b27-16+. The first-order chi connectivity index (χ1) is 15.6. The SMILES string of the molecule is CCCOc1ccc(Cl)cc1/C=N/NC(=O)c1ccc(OCc2ccccc2)c(OC)c1. The highest BCUT2D eigenvalue weighted by Crippen LogP contribution is 2.29. The molecule has 0 fully saturated rings. The molecule has 0 heterocycles. The van der Waals surface area contributed by atoms with E-state index in [-0.39, 0.29) is 5.91 Å². The van der Waals surface area contributed by atoms with Gasteiger partial charge in [0, 0.05) is 16.1 Å². The van der Waals surface area contributed by atoms with Crippen LogP contribution in [0, 0.1) is 0 Å². The Morgan fingerprint density at radius 2 is 1.78 bits per heavy atom. The van der Waals surface area contributed by atoms with Crippen molar-refractivity contribution in [1.29, 1.82) is 0 Å². The highest BCUT2D eigenvalue weighted by atomic mass is 35.5. The van der Waals surface area contributed by atoms with Gasteiger partial charge in [0.1, 0.15) is 12.4 Å². The Bertz CT molecular complexity index is 1070. The number of nitrogens with zero attached hydrogens (tertiary/aromatic N) is 1. The number of hydrogen-bond donors (Lipinski definition) is 1. The fraction of sp³-hybridized carbons (Fsp3) is 0.200. The second kappa shape index (κ2) is 11.8. The quantitative estimate of drug-likeness (QED) is 0.326. The third-order valence-corrected chi connectivity index (χ3v) is 4.70. The van der Waals surface area contributed by atoms with E-state index in [1.165, 1.54) is 13.3 Å². The Balaban J connectivity index is 1.66. The van der Waals surface area contributed by atoms with Gasteiger partial charge in [-0.05, 0) is 48.4 Å². The Kier molecular flexibility index (Phi) is 8.52. The summed E-state index contributed by atoms with van der Waals surface area (Å²) in [6.07, 6.45) is 2.38. The Morgan fingerprint density at radius 3 is 2.53 bits per heavy atom. The average Bonchev–Trinajstić information content (AvgIpc) is 2.82. The molecule has 0 aromatic heterocycles. The number of amides is 1. The molecule has 3 aromatic carbocycles. The van der Waals surface area contributed by atoms with Crippen LogP contribution >= 0.6 is 11.6 Å². The highest BCUT2D eigenvalue weighted by molar-refractivity contribution is 6.30. The van der Waals surface area contributed by atoms with Gasteiger partial charge in [-0.3, -0.25) is 4.79 Å². The molecule has 166 valence electrons. The topological polar surface area (TPSA) is 69.2 Å². The molecular weight excluding hydrogens is 428 g/mol. The molecule has 0 saturated carbocycles. The molecule has 0 radical (unpaired) electrons. The number of carbonyl (C=O) groups is 1. The van der Waals surface area contributed by atoms with Crippen LogP contribution in [-0.4, -0.2) is 25.8 Å². The number of hydrogen-bond acceptors (Lipinski definition) is 5. The van der Waals surface area contributed by atoms with Crippen molar-refractivity contribution in [2.45, 2.75) is 20.0 Å². The van der Waals surface area contributed by atoms with Gasteiger partial charge in [-0.25, -0.2) is 5.43 Å². The van der Waals surface area contributed by atoms with Crippen LogP contribution in [0.3, 0.4) is 0 Å². The van der Waals surface area contributed by atoms with E-state index in [1.807, 2.05) is 37.3 Å². The second-order valence-corrected chi connectivity index (χ2v) is 7.31. The molecule has 1 amide bonds. The lowest BCUT2D eigenvalue weighted by molar-refractivity contribution is 0.0954. The van der Waals surface area contributed by atoms with Gasteiger partial charge in [-0.1, -0.05) is 48.9 Å². The smallest absolute Gasteiger partial charge is 0.271 e. The molecule has 32 heavy (non-hydrogen) atoms. The summed E-state index contributed by atoms with van der Waals surface area (Å²) in [5, 5.41) is 4.60. The van der Waals surface area contributed by atoms with E-state index in [4.69, 9.17) is 25.8 Å². The Hall–Kier alpha value is -3.51. The second-order valence-electron chi connectivity index (χ2n) is 6.87. The van der Waals surface area contributed by atoms with Crippen molar-refractivity contribution < 1.29 is 19.0 Å². The molecular formula is C25H25ClN2O4. The molecule has 0 aliphatic rings. The summed E-state index contributed by atoms with van der Waals surface area (Å²) in [4.78, 5) is 12.5. The molecule has 1 N–H and O–H groups in total. The first kappa shape index (κ1) is 23.2. The first-order valence-electron chi connectivity index (χ1n) is 10.2. The number of methoxy groups -OCH3 is 1. The summed E-state index contributed by atoms with van der Waals surface area (Å²) < 4.78 is 16.9. The zero-order valence-electron chi connectivity index (χ0n) is 18.0. The summed E-state index contributed by atoms with van der Waals surface area (Å²) in [6.45, 7) is 3.00. The van der Waals surface area contributed by atoms with Gasteiger partial charge in [0.25, 0.3) is 5.91 Å². The van der Waals surface area contributed by atoms with Gasteiger partial charge >= 0.3 is 0 Å². The molecule has 0 bridgehead atoms. The van der Waals surface area contributed by atoms with E-state index >= 15 is 0 Å². The van der Waals surface area contributed by atoms with Crippen molar-refractivity contribution in [2.75, 3.05) is 13.7 Å². The molecule has 0 saturated heterocycles. The Morgan fingerprint density at radius 1 is 1.00 bits per heavy atom. The summed E-state index contributed by atoms with van der Waals surface area (Å²) in [5.41, 5.74) is 4.61. The molecule has 0 aliphatic carbocycles. The maximum atomic E-state index is 12.5. The zero-order chi connectivity index (χ0) is 22.8. The van der Waals surface area contributed by atoms with Gasteiger partial charge in [0.05, 0.1) is 19.9 Å². The van der Waals surface area contributed by atoms with Crippen molar-refractivity contribution in [1.82, 2.24) is 5.43 Å². The molecule has 0 atom stereocenters. The van der Waals surface area contributed by atoms with Crippen LogP contribution in [0.5, 0.6) is 17.2 Å². The minimum Gasteiger partial charge on any atom is -0.493 e. The van der Waals surface area contributed by atoms with Crippen LogP contribution in [0.25, 0.3) is 0 Å². The van der Waals surface area contributed by atoms with Crippen molar-refractivity contribution in [2.24, 2.45) is 5.10 Å². The number of benzene rings is 3. The number of halogens is 1. The number of nitrogens with one attached hydrogen (secondary N) is 1. The largest absolute Gasteiger partial charge is 0.493 e. The maximum Gasteiger partial charge on any atom is 0.271 e. The average molecular weight is 453 g/mol. The van der Waals surface area contributed by atoms with Crippen LogP contribution < -0.4 is 19.6 Å². The van der Waals surface area contributed by atoms with Crippen molar-refractivity contribution in [3.63, 3.8) is 0 Å². The zero-order valence-corrected chi connectivity index (χ0v) is 18.8. The van der Waals surface area contributed by atoms with Crippen molar-refractivity contribution >= 4 is 23.7 Å². The fourth-order valence-electron chi connectivity index (χ4n) is 2.85. The fourth-order valence-corrected chi connectivity index (χ4v) is 3.03. The van der Waals surface area contributed by atoms with Gasteiger partial charge < -0.3 is 14.2 Å². The monoisotopic (exact) mass is 452 g/mol. The molecule has 7 heteroatoms. The molecule has 3 aromatic rings. The minimum atomic E-state index is -0.382. The molecule has 3 rings (SSSR count). The van der Waals surface area contributed by atoms with Crippen molar-refractivity contribution in [3.05, 3.63) is 88.4 Å². The van der Waals surface area contributed by atoms with Gasteiger partial charge in [-0.2, -0.15) is 5.10 Å². The van der Waals surface area contributed by atoms with Crippen molar-refractivity contribution in [3.8, 4) is 17.2 Å².